The molecule has 0 aromatic heterocycles. The summed E-state index contributed by atoms with van der Waals surface area (Å²) in [7, 11) is 2.20. The van der Waals surface area contributed by atoms with Crippen LogP contribution >= 0.6 is 0 Å². The van der Waals surface area contributed by atoms with E-state index in [9.17, 15) is 0 Å². The maximum absolute atomic E-state index is 5.67. The van der Waals surface area contributed by atoms with Crippen molar-refractivity contribution in [3.05, 3.63) is 29.8 Å². The predicted molar refractivity (Wildman–Crippen MR) is 60.3 cm³/mol. The first-order valence-electron chi connectivity index (χ1n) is 5.29. The van der Waals surface area contributed by atoms with Crippen molar-refractivity contribution in [1.29, 1.82) is 0 Å². The van der Waals surface area contributed by atoms with Gasteiger partial charge in [0.15, 0.2) is 0 Å². The summed E-state index contributed by atoms with van der Waals surface area (Å²) in [5.41, 5.74) is 7.97. The number of hydrogen-bond donors (Lipinski definition) is 1. The van der Waals surface area contributed by atoms with Crippen molar-refractivity contribution in [1.82, 2.24) is 4.90 Å². The van der Waals surface area contributed by atoms with Gasteiger partial charge in [-0.05, 0) is 50.0 Å². The molecule has 2 rings (SSSR count). The van der Waals surface area contributed by atoms with Gasteiger partial charge in [-0.15, -0.1) is 0 Å². The minimum atomic E-state index is 0.703. The number of rotatable bonds is 1. The molecule has 1 aliphatic heterocycles. The van der Waals surface area contributed by atoms with E-state index < -0.39 is 0 Å². The highest BCUT2D eigenvalue weighted by molar-refractivity contribution is 5.40. The molecule has 0 aliphatic carbocycles. The smallest absolute Gasteiger partial charge is 0.0314 e. The molecule has 2 heteroatoms. The first-order valence-corrected chi connectivity index (χ1v) is 5.29. The molecule has 1 aromatic carbocycles. The van der Waals surface area contributed by atoms with Gasteiger partial charge in [-0.3, -0.25) is 0 Å². The lowest BCUT2D eigenvalue weighted by molar-refractivity contribution is 0.251. The molecule has 1 saturated heterocycles. The van der Waals surface area contributed by atoms with Crippen molar-refractivity contribution >= 4 is 5.69 Å². The molecule has 14 heavy (non-hydrogen) atoms. The van der Waals surface area contributed by atoms with Crippen molar-refractivity contribution in [3.63, 3.8) is 0 Å². The largest absolute Gasteiger partial charge is 0.399 e. The third-order valence-electron chi connectivity index (χ3n) is 3.03. The highest BCUT2D eigenvalue weighted by atomic mass is 15.1. The molecular weight excluding hydrogens is 172 g/mol. The summed E-state index contributed by atoms with van der Waals surface area (Å²) in [6, 6.07) is 8.34. The Bertz CT molecular complexity index is 292. The standard InChI is InChI=1S/C12H18N2/c1-14-8-2-3-11(9-14)10-4-6-12(13)7-5-10/h4-7,11H,2-3,8-9,13H2,1H3/t11-/m0/s1. The Balaban J connectivity index is 2.10. The van der Waals surface area contributed by atoms with Gasteiger partial charge >= 0.3 is 0 Å². The third-order valence-corrected chi connectivity index (χ3v) is 3.03. The van der Waals surface area contributed by atoms with Crippen molar-refractivity contribution in [2.75, 3.05) is 25.9 Å². The van der Waals surface area contributed by atoms with E-state index in [1.165, 1.54) is 31.5 Å². The molecule has 1 fully saturated rings. The van der Waals surface area contributed by atoms with Gasteiger partial charge in [0.1, 0.15) is 0 Å². The molecule has 0 unspecified atom stereocenters. The SMILES string of the molecule is CN1CCC[C@H](c2ccc(N)cc2)C1. The summed E-state index contributed by atoms with van der Waals surface area (Å²) in [5.74, 6) is 0.703. The normalized spacial score (nSPS) is 23.6. The number of likely N-dealkylation sites (N-methyl/N-ethyl adjacent to an activating group) is 1. The summed E-state index contributed by atoms with van der Waals surface area (Å²) in [4.78, 5) is 2.41. The van der Waals surface area contributed by atoms with Crippen LogP contribution < -0.4 is 5.73 Å². The fourth-order valence-corrected chi connectivity index (χ4v) is 2.21. The van der Waals surface area contributed by atoms with Gasteiger partial charge in [-0.1, -0.05) is 12.1 Å². The molecule has 0 spiro atoms. The molecule has 0 bridgehead atoms. The monoisotopic (exact) mass is 190 g/mol. The summed E-state index contributed by atoms with van der Waals surface area (Å²) in [6.07, 6.45) is 2.62. The summed E-state index contributed by atoms with van der Waals surface area (Å²) < 4.78 is 0. The van der Waals surface area contributed by atoms with Gasteiger partial charge in [0.05, 0.1) is 0 Å². The summed E-state index contributed by atoms with van der Waals surface area (Å²) in [5, 5.41) is 0. The molecule has 1 heterocycles. The quantitative estimate of drug-likeness (QED) is 0.687. The Morgan fingerprint density at radius 2 is 2.00 bits per heavy atom. The zero-order chi connectivity index (χ0) is 9.97. The molecule has 1 aromatic rings. The Kier molecular flexibility index (Phi) is 2.73. The Hall–Kier alpha value is -1.02. The number of likely N-dealkylation sites (tertiary alicyclic amines) is 1. The van der Waals surface area contributed by atoms with Gasteiger partial charge in [0.25, 0.3) is 0 Å². The van der Waals surface area contributed by atoms with E-state index in [0.717, 1.165) is 5.69 Å². The average Bonchev–Trinajstić information content (AvgIpc) is 2.19. The number of nitrogens with two attached hydrogens (primary N) is 1. The molecule has 0 saturated carbocycles. The maximum atomic E-state index is 5.67. The lowest BCUT2D eigenvalue weighted by Crippen LogP contribution is -2.30. The van der Waals surface area contributed by atoms with Crippen LogP contribution in [-0.2, 0) is 0 Å². The lowest BCUT2D eigenvalue weighted by Gasteiger charge is -2.29. The van der Waals surface area contributed by atoms with Crippen LogP contribution in [0, 0.1) is 0 Å². The van der Waals surface area contributed by atoms with Gasteiger partial charge in [0.2, 0.25) is 0 Å². The van der Waals surface area contributed by atoms with Crippen molar-refractivity contribution in [2.45, 2.75) is 18.8 Å². The minimum absolute atomic E-state index is 0.703. The van der Waals surface area contributed by atoms with E-state index >= 15 is 0 Å². The van der Waals surface area contributed by atoms with Crippen LogP contribution in [0.5, 0.6) is 0 Å². The van der Waals surface area contributed by atoms with E-state index in [2.05, 4.69) is 24.1 Å². The fraction of sp³-hybridized carbons (Fsp3) is 0.500. The average molecular weight is 190 g/mol. The van der Waals surface area contributed by atoms with Gasteiger partial charge in [-0.2, -0.15) is 0 Å². The fourth-order valence-electron chi connectivity index (χ4n) is 2.21. The highest BCUT2D eigenvalue weighted by Gasteiger charge is 2.18. The molecule has 2 N–H and O–H groups in total. The molecule has 1 atom stereocenters. The van der Waals surface area contributed by atoms with Gasteiger partial charge in [0, 0.05) is 12.2 Å². The second kappa shape index (κ2) is 4.01. The second-order valence-corrected chi connectivity index (χ2v) is 4.27. The Morgan fingerprint density at radius 1 is 1.29 bits per heavy atom. The van der Waals surface area contributed by atoms with Crippen LogP contribution in [0.15, 0.2) is 24.3 Å². The van der Waals surface area contributed by atoms with Gasteiger partial charge in [-0.25, -0.2) is 0 Å². The van der Waals surface area contributed by atoms with Gasteiger partial charge < -0.3 is 10.6 Å². The minimum Gasteiger partial charge on any atom is -0.399 e. The van der Waals surface area contributed by atoms with Crippen LogP contribution in [0.2, 0.25) is 0 Å². The zero-order valence-electron chi connectivity index (χ0n) is 8.74. The topological polar surface area (TPSA) is 29.3 Å². The molecule has 76 valence electrons. The van der Waals surface area contributed by atoms with E-state index in [-0.39, 0.29) is 0 Å². The van der Waals surface area contributed by atoms with Crippen molar-refractivity contribution in [2.24, 2.45) is 0 Å². The zero-order valence-corrected chi connectivity index (χ0v) is 8.74. The Labute approximate surface area is 85.7 Å². The Morgan fingerprint density at radius 3 is 2.64 bits per heavy atom. The lowest BCUT2D eigenvalue weighted by atomic mass is 9.91. The first kappa shape index (κ1) is 9.53. The number of nitrogen functional groups attached to an aromatic ring is 1. The van der Waals surface area contributed by atoms with E-state index in [1.54, 1.807) is 0 Å². The molecule has 2 nitrogen and oxygen atoms in total. The van der Waals surface area contributed by atoms with E-state index in [1.807, 2.05) is 12.1 Å². The van der Waals surface area contributed by atoms with Crippen LogP contribution in [0.1, 0.15) is 24.3 Å². The third kappa shape index (κ3) is 2.07. The number of hydrogen-bond acceptors (Lipinski definition) is 2. The van der Waals surface area contributed by atoms with Crippen LogP contribution in [0.3, 0.4) is 0 Å². The van der Waals surface area contributed by atoms with Crippen molar-refractivity contribution < 1.29 is 0 Å². The molecule has 1 aliphatic rings. The van der Waals surface area contributed by atoms with Crippen LogP contribution in [0.4, 0.5) is 5.69 Å². The van der Waals surface area contributed by atoms with E-state index in [4.69, 9.17) is 5.73 Å². The first-order chi connectivity index (χ1) is 6.75. The van der Waals surface area contributed by atoms with Crippen molar-refractivity contribution in [3.8, 4) is 0 Å². The number of benzene rings is 1. The number of nitrogens with zero attached hydrogens (tertiary/aromatic N) is 1. The predicted octanol–water partition coefficient (Wildman–Crippen LogP) is 2.08. The van der Waals surface area contributed by atoms with Crippen LogP contribution in [0.25, 0.3) is 0 Å². The van der Waals surface area contributed by atoms with E-state index in [0.29, 0.717) is 5.92 Å². The molecular formula is C12H18N2. The highest BCUT2D eigenvalue weighted by Crippen LogP contribution is 2.26. The number of anilines is 1. The summed E-state index contributed by atoms with van der Waals surface area (Å²) in [6.45, 7) is 2.43. The molecule has 0 radical (unpaired) electrons. The maximum Gasteiger partial charge on any atom is 0.0314 e. The number of piperidine rings is 1. The second-order valence-electron chi connectivity index (χ2n) is 4.27. The molecule has 0 amide bonds. The van der Waals surface area contributed by atoms with Crippen LogP contribution in [-0.4, -0.2) is 25.0 Å². The summed E-state index contributed by atoms with van der Waals surface area (Å²) >= 11 is 0.